The van der Waals surface area contributed by atoms with E-state index in [0.717, 1.165) is 24.6 Å². The van der Waals surface area contributed by atoms with Crippen LogP contribution in [-0.4, -0.2) is 27.9 Å². The van der Waals surface area contributed by atoms with Gasteiger partial charge in [0.25, 0.3) is 0 Å². The minimum Gasteiger partial charge on any atom is -0.357 e. The van der Waals surface area contributed by atoms with Gasteiger partial charge in [0.15, 0.2) is 0 Å². The second-order valence-corrected chi connectivity index (χ2v) is 4.60. The molecule has 2 rings (SSSR count). The number of hydrogen-bond donors (Lipinski definition) is 2. The number of nitrogens with two attached hydrogens (primary N) is 1. The van der Waals surface area contributed by atoms with Crippen LogP contribution in [0.15, 0.2) is 0 Å². The number of nitrogens with zero attached hydrogens (tertiary/aromatic N) is 3. The van der Waals surface area contributed by atoms with Gasteiger partial charge in [0.05, 0.1) is 0 Å². The van der Waals surface area contributed by atoms with Crippen molar-refractivity contribution in [2.45, 2.75) is 44.1 Å². The Bertz CT molecular complexity index is 346. The van der Waals surface area contributed by atoms with E-state index in [4.69, 9.17) is 5.73 Å². The molecule has 0 spiro atoms. The summed E-state index contributed by atoms with van der Waals surface area (Å²) in [5.41, 5.74) is 6.23. The molecule has 1 aromatic heterocycles. The van der Waals surface area contributed by atoms with Crippen LogP contribution in [0.4, 0.5) is 5.95 Å². The average Bonchev–Trinajstić information content (AvgIpc) is 2.50. The second-order valence-electron chi connectivity index (χ2n) is 4.60. The van der Waals surface area contributed by atoms with Gasteiger partial charge in [0.2, 0.25) is 5.95 Å². The van der Waals surface area contributed by atoms with Crippen molar-refractivity contribution in [3.63, 3.8) is 0 Å². The van der Waals surface area contributed by atoms with Crippen LogP contribution in [0.3, 0.4) is 0 Å². The summed E-state index contributed by atoms with van der Waals surface area (Å²) in [6.07, 6.45) is 6.03. The van der Waals surface area contributed by atoms with Crippen LogP contribution in [0.1, 0.15) is 43.8 Å². The third-order valence-electron chi connectivity index (χ3n) is 3.53. The molecule has 1 aromatic rings. The van der Waals surface area contributed by atoms with Gasteiger partial charge in [-0.3, -0.25) is 0 Å². The van der Waals surface area contributed by atoms with Crippen molar-refractivity contribution in [1.82, 2.24) is 14.8 Å². The van der Waals surface area contributed by atoms with E-state index in [1.54, 1.807) is 0 Å². The van der Waals surface area contributed by atoms with E-state index >= 15 is 0 Å². The number of hydrogen-bond acceptors (Lipinski definition) is 4. The van der Waals surface area contributed by atoms with Gasteiger partial charge < -0.3 is 15.6 Å². The summed E-state index contributed by atoms with van der Waals surface area (Å²) >= 11 is 0. The van der Waals surface area contributed by atoms with Gasteiger partial charge in [-0.05, 0) is 12.8 Å². The molecule has 1 saturated carbocycles. The van der Waals surface area contributed by atoms with E-state index in [0.29, 0.717) is 5.92 Å². The van der Waals surface area contributed by atoms with Crippen molar-refractivity contribution in [3.05, 3.63) is 5.82 Å². The molecule has 2 unspecified atom stereocenters. The molecular formula is C11H21N5. The fourth-order valence-electron chi connectivity index (χ4n) is 2.54. The molecule has 3 N–H and O–H groups in total. The summed E-state index contributed by atoms with van der Waals surface area (Å²) in [5.74, 6) is 2.20. The van der Waals surface area contributed by atoms with Crippen LogP contribution in [0.25, 0.3) is 0 Å². The SMILES string of the molecule is CNc1nnc(C2CCCCCC2N)n1C. The van der Waals surface area contributed by atoms with E-state index in [9.17, 15) is 0 Å². The zero-order valence-electron chi connectivity index (χ0n) is 10.1. The molecule has 0 aliphatic heterocycles. The Morgan fingerprint density at radius 1 is 1.25 bits per heavy atom. The molecule has 1 aliphatic carbocycles. The fourth-order valence-corrected chi connectivity index (χ4v) is 2.54. The molecule has 1 heterocycles. The van der Waals surface area contributed by atoms with Crippen molar-refractivity contribution in [3.8, 4) is 0 Å². The predicted molar refractivity (Wildman–Crippen MR) is 64.4 cm³/mol. The van der Waals surface area contributed by atoms with Gasteiger partial charge in [-0.2, -0.15) is 0 Å². The van der Waals surface area contributed by atoms with Crippen LogP contribution in [0.2, 0.25) is 0 Å². The lowest BCUT2D eigenvalue weighted by atomic mass is 9.95. The van der Waals surface area contributed by atoms with Crippen LogP contribution >= 0.6 is 0 Å². The fraction of sp³-hybridized carbons (Fsp3) is 0.818. The molecule has 1 aliphatic rings. The molecule has 5 nitrogen and oxygen atoms in total. The van der Waals surface area contributed by atoms with E-state index < -0.39 is 0 Å². The summed E-state index contributed by atoms with van der Waals surface area (Å²) in [5, 5.41) is 11.4. The number of rotatable bonds is 2. The Morgan fingerprint density at radius 2 is 2.00 bits per heavy atom. The van der Waals surface area contributed by atoms with Crippen LogP contribution < -0.4 is 11.1 Å². The summed E-state index contributed by atoms with van der Waals surface area (Å²) < 4.78 is 2.02. The Labute approximate surface area is 96.4 Å². The Hall–Kier alpha value is -1.10. The molecule has 1 fully saturated rings. The first-order valence-electron chi connectivity index (χ1n) is 6.06. The Balaban J connectivity index is 2.23. The molecule has 0 saturated heterocycles. The third kappa shape index (κ3) is 2.04. The van der Waals surface area contributed by atoms with E-state index in [1.165, 1.54) is 19.3 Å². The standard InChI is InChI=1S/C11H21N5/c1-13-11-15-14-10(16(11)2)8-6-4-3-5-7-9(8)12/h8-9H,3-7,12H2,1-2H3,(H,13,15). The van der Waals surface area contributed by atoms with Crippen LogP contribution in [-0.2, 0) is 7.05 Å². The highest BCUT2D eigenvalue weighted by molar-refractivity contribution is 5.25. The maximum Gasteiger partial charge on any atom is 0.224 e. The summed E-state index contributed by atoms with van der Waals surface area (Å²) in [6, 6.07) is 0.232. The topological polar surface area (TPSA) is 68.8 Å². The van der Waals surface area contributed by atoms with E-state index in [2.05, 4.69) is 15.5 Å². The lowest BCUT2D eigenvalue weighted by Crippen LogP contribution is -2.29. The minimum absolute atomic E-state index is 0.232. The van der Waals surface area contributed by atoms with Gasteiger partial charge in [-0.1, -0.05) is 19.3 Å². The summed E-state index contributed by atoms with van der Waals surface area (Å²) in [7, 11) is 3.86. The molecule has 0 radical (unpaired) electrons. The molecule has 5 heteroatoms. The minimum atomic E-state index is 0.232. The zero-order chi connectivity index (χ0) is 11.5. The van der Waals surface area contributed by atoms with Gasteiger partial charge in [0.1, 0.15) is 5.82 Å². The first-order valence-corrected chi connectivity index (χ1v) is 6.06. The maximum absolute atomic E-state index is 6.23. The van der Waals surface area contributed by atoms with Gasteiger partial charge in [0, 0.05) is 26.1 Å². The Kier molecular flexibility index (Phi) is 3.43. The molecular weight excluding hydrogens is 202 g/mol. The van der Waals surface area contributed by atoms with Crippen molar-refractivity contribution in [2.75, 3.05) is 12.4 Å². The van der Waals surface area contributed by atoms with Gasteiger partial charge in [-0.15, -0.1) is 10.2 Å². The first kappa shape index (κ1) is 11.4. The molecule has 90 valence electrons. The third-order valence-corrected chi connectivity index (χ3v) is 3.53. The monoisotopic (exact) mass is 223 g/mol. The number of anilines is 1. The van der Waals surface area contributed by atoms with Gasteiger partial charge in [-0.25, -0.2) is 0 Å². The van der Waals surface area contributed by atoms with Crippen LogP contribution in [0.5, 0.6) is 0 Å². The molecule has 0 aromatic carbocycles. The second kappa shape index (κ2) is 4.82. The summed E-state index contributed by atoms with van der Waals surface area (Å²) in [6.45, 7) is 0. The highest BCUT2D eigenvalue weighted by Crippen LogP contribution is 2.30. The Morgan fingerprint density at radius 3 is 2.69 bits per heavy atom. The largest absolute Gasteiger partial charge is 0.357 e. The highest BCUT2D eigenvalue weighted by Gasteiger charge is 2.26. The lowest BCUT2D eigenvalue weighted by molar-refractivity contribution is 0.471. The van der Waals surface area contributed by atoms with Crippen molar-refractivity contribution >= 4 is 5.95 Å². The highest BCUT2D eigenvalue weighted by atomic mass is 15.3. The van der Waals surface area contributed by atoms with Crippen LogP contribution in [0, 0.1) is 0 Å². The molecule has 16 heavy (non-hydrogen) atoms. The molecule has 2 atom stereocenters. The van der Waals surface area contributed by atoms with Crippen molar-refractivity contribution in [1.29, 1.82) is 0 Å². The predicted octanol–water partition coefficient (Wildman–Crippen LogP) is 1.23. The molecule has 0 bridgehead atoms. The average molecular weight is 223 g/mol. The smallest absolute Gasteiger partial charge is 0.224 e. The zero-order valence-corrected chi connectivity index (χ0v) is 10.1. The number of nitrogens with one attached hydrogen (secondary N) is 1. The maximum atomic E-state index is 6.23. The van der Waals surface area contributed by atoms with E-state index in [1.807, 2.05) is 18.7 Å². The van der Waals surface area contributed by atoms with Gasteiger partial charge >= 0.3 is 0 Å². The van der Waals surface area contributed by atoms with Crippen molar-refractivity contribution < 1.29 is 0 Å². The lowest BCUT2D eigenvalue weighted by Gasteiger charge is -2.20. The van der Waals surface area contributed by atoms with Crippen molar-refractivity contribution in [2.24, 2.45) is 12.8 Å². The first-order chi connectivity index (χ1) is 7.74. The summed E-state index contributed by atoms with van der Waals surface area (Å²) in [4.78, 5) is 0. The quantitative estimate of drug-likeness (QED) is 0.740. The molecule has 0 amide bonds. The number of aromatic nitrogens is 3. The normalized spacial score (nSPS) is 26.4. The van der Waals surface area contributed by atoms with E-state index in [-0.39, 0.29) is 6.04 Å².